The Labute approximate surface area is 170 Å². The summed E-state index contributed by atoms with van der Waals surface area (Å²) in [5, 5.41) is 10.5. The Kier molecular flexibility index (Phi) is 5.56. The van der Waals surface area contributed by atoms with Crippen LogP contribution in [0.1, 0.15) is 47.7 Å². The molecule has 2 saturated heterocycles. The minimum atomic E-state index is -0.488. The highest BCUT2D eigenvalue weighted by Gasteiger charge is 2.44. The van der Waals surface area contributed by atoms with Crippen molar-refractivity contribution in [1.29, 1.82) is 0 Å². The van der Waals surface area contributed by atoms with Crippen molar-refractivity contribution in [2.75, 3.05) is 20.2 Å². The fourth-order valence-electron chi connectivity index (χ4n) is 4.44. The molecule has 5 nitrogen and oxygen atoms in total. The third kappa shape index (κ3) is 4.14. The molecule has 1 amide bonds. The van der Waals surface area contributed by atoms with Gasteiger partial charge in [0.2, 0.25) is 0 Å². The predicted octanol–water partition coefficient (Wildman–Crippen LogP) is 3.72. The molecule has 2 aliphatic heterocycles. The molecule has 0 bridgehead atoms. The number of benzene rings is 2. The average Bonchev–Trinajstić information content (AvgIpc) is 2.74. The van der Waals surface area contributed by atoms with Crippen LogP contribution in [0.4, 0.5) is 4.39 Å². The summed E-state index contributed by atoms with van der Waals surface area (Å²) in [6.45, 7) is 1.07. The molecule has 0 aliphatic carbocycles. The maximum absolute atomic E-state index is 13.6. The van der Waals surface area contributed by atoms with Gasteiger partial charge in [0, 0.05) is 31.5 Å². The second-order valence-corrected chi connectivity index (χ2v) is 7.94. The molecule has 0 radical (unpaired) electrons. The molecule has 1 N–H and O–H groups in total. The molecule has 29 heavy (non-hydrogen) atoms. The Balaban J connectivity index is 1.45. The van der Waals surface area contributed by atoms with Gasteiger partial charge in [0.05, 0.1) is 24.9 Å². The number of carbonyl (C=O) groups excluding carboxylic acids is 1. The number of ether oxygens (including phenoxy) is 2. The number of likely N-dealkylation sites (tertiary alicyclic amines) is 1. The number of nitrogens with zero attached hydrogens (tertiary/aromatic N) is 1. The zero-order valence-corrected chi connectivity index (χ0v) is 16.5. The Morgan fingerprint density at radius 3 is 2.62 bits per heavy atom. The molecule has 2 aliphatic rings. The normalized spacial score (nSPS) is 23.8. The van der Waals surface area contributed by atoms with E-state index < -0.39 is 17.5 Å². The number of piperidine rings is 1. The SMILES string of the molecule is COc1cc(C(=O)N2CCC3(CC2)C[C@H](O)C[C@H](c2ccccc2)O3)ccc1F. The van der Waals surface area contributed by atoms with Gasteiger partial charge in [-0.15, -0.1) is 0 Å². The summed E-state index contributed by atoms with van der Waals surface area (Å²) in [6.07, 6.45) is 1.95. The monoisotopic (exact) mass is 399 g/mol. The first-order valence-corrected chi connectivity index (χ1v) is 10.0. The highest BCUT2D eigenvalue weighted by molar-refractivity contribution is 5.94. The Morgan fingerprint density at radius 1 is 1.21 bits per heavy atom. The number of aliphatic hydroxyl groups excluding tert-OH is 1. The number of methoxy groups -OCH3 is 1. The summed E-state index contributed by atoms with van der Waals surface area (Å²) < 4.78 is 25.1. The van der Waals surface area contributed by atoms with E-state index in [1.807, 2.05) is 30.3 Å². The molecule has 2 heterocycles. The number of hydrogen-bond acceptors (Lipinski definition) is 4. The summed E-state index contributed by atoms with van der Waals surface area (Å²) in [5.41, 5.74) is 1.06. The van der Waals surface area contributed by atoms with Crippen LogP contribution >= 0.6 is 0 Å². The van der Waals surface area contributed by atoms with Crippen LogP contribution < -0.4 is 4.74 Å². The quantitative estimate of drug-likeness (QED) is 0.855. The molecule has 1 spiro atoms. The molecule has 2 atom stereocenters. The minimum Gasteiger partial charge on any atom is -0.494 e. The lowest BCUT2D eigenvalue weighted by Gasteiger charge is -2.48. The number of hydrogen-bond donors (Lipinski definition) is 1. The molecule has 0 aromatic heterocycles. The van der Waals surface area contributed by atoms with Crippen molar-refractivity contribution in [3.63, 3.8) is 0 Å². The smallest absolute Gasteiger partial charge is 0.253 e. The number of aliphatic hydroxyl groups is 1. The molecule has 2 fully saturated rings. The zero-order valence-electron chi connectivity index (χ0n) is 16.5. The standard InChI is InChI=1S/C23H26FNO4/c1-28-21-13-17(7-8-19(21)24)22(27)25-11-9-23(10-12-25)15-18(26)14-20(29-23)16-5-3-2-4-6-16/h2-8,13,18,20,26H,9-12,14-15H2,1H3/t18-,20-/m1/s1. The fourth-order valence-corrected chi connectivity index (χ4v) is 4.44. The molecule has 0 unspecified atom stereocenters. The van der Waals surface area contributed by atoms with E-state index >= 15 is 0 Å². The third-order valence-corrected chi connectivity index (χ3v) is 6.02. The largest absolute Gasteiger partial charge is 0.494 e. The molecule has 0 saturated carbocycles. The fraction of sp³-hybridized carbons (Fsp3) is 0.435. The van der Waals surface area contributed by atoms with Gasteiger partial charge in [-0.25, -0.2) is 4.39 Å². The second kappa shape index (κ2) is 8.13. The van der Waals surface area contributed by atoms with Crippen LogP contribution in [-0.4, -0.2) is 47.8 Å². The first kappa shape index (κ1) is 19.9. The van der Waals surface area contributed by atoms with E-state index in [0.29, 0.717) is 44.3 Å². The summed E-state index contributed by atoms with van der Waals surface area (Å²) >= 11 is 0. The van der Waals surface area contributed by atoms with E-state index in [1.165, 1.54) is 25.3 Å². The first-order valence-electron chi connectivity index (χ1n) is 10.0. The van der Waals surface area contributed by atoms with E-state index in [-0.39, 0.29) is 17.8 Å². The van der Waals surface area contributed by atoms with Crippen molar-refractivity contribution in [3.05, 3.63) is 65.5 Å². The Morgan fingerprint density at radius 2 is 1.93 bits per heavy atom. The Bertz CT molecular complexity index is 864. The third-order valence-electron chi connectivity index (χ3n) is 6.02. The van der Waals surface area contributed by atoms with Crippen molar-refractivity contribution in [2.45, 2.75) is 43.5 Å². The topological polar surface area (TPSA) is 59.0 Å². The van der Waals surface area contributed by atoms with Gasteiger partial charge in [0.15, 0.2) is 11.6 Å². The molecular weight excluding hydrogens is 373 g/mol. The van der Waals surface area contributed by atoms with Crippen molar-refractivity contribution < 1.29 is 23.8 Å². The average molecular weight is 399 g/mol. The van der Waals surface area contributed by atoms with Crippen molar-refractivity contribution in [3.8, 4) is 5.75 Å². The van der Waals surface area contributed by atoms with Crippen molar-refractivity contribution >= 4 is 5.91 Å². The second-order valence-electron chi connectivity index (χ2n) is 7.94. The highest BCUT2D eigenvalue weighted by atomic mass is 19.1. The minimum absolute atomic E-state index is 0.0637. The van der Waals surface area contributed by atoms with E-state index in [1.54, 1.807) is 4.90 Å². The van der Waals surface area contributed by atoms with Gasteiger partial charge in [0.1, 0.15) is 0 Å². The van der Waals surface area contributed by atoms with E-state index in [9.17, 15) is 14.3 Å². The number of carbonyl (C=O) groups is 1. The van der Waals surface area contributed by atoms with Gasteiger partial charge in [-0.05, 0) is 36.6 Å². The van der Waals surface area contributed by atoms with Gasteiger partial charge in [-0.1, -0.05) is 30.3 Å². The molecular formula is C23H26FNO4. The van der Waals surface area contributed by atoms with Crippen LogP contribution in [0.25, 0.3) is 0 Å². The van der Waals surface area contributed by atoms with E-state index in [4.69, 9.17) is 9.47 Å². The van der Waals surface area contributed by atoms with Gasteiger partial charge in [-0.2, -0.15) is 0 Å². The molecule has 154 valence electrons. The van der Waals surface area contributed by atoms with Crippen LogP contribution in [0.2, 0.25) is 0 Å². The van der Waals surface area contributed by atoms with Crippen LogP contribution in [-0.2, 0) is 4.74 Å². The maximum Gasteiger partial charge on any atom is 0.253 e. The van der Waals surface area contributed by atoms with Gasteiger partial charge >= 0.3 is 0 Å². The zero-order chi connectivity index (χ0) is 20.4. The van der Waals surface area contributed by atoms with Crippen molar-refractivity contribution in [1.82, 2.24) is 4.90 Å². The summed E-state index contributed by atoms with van der Waals surface area (Å²) in [7, 11) is 1.38. The lowest BCUT2D eigenvalue weighted by atomic mass is 9.81. The van der Waals surface area contributed by atoms with Gasteiger partial charge in [-0.3, -0.25) is 4.79 Å². The lowest BCUT2D eigenvalue weighted by molar-refractivity contribution is -0.181. The summed E-state index contributed by atoms with van der Waals surface area (Å²) in [5.74, 6) is -0.568. The van der Waals surface area contributed by atoms with Crippen LogP contribution in [0, 0.1) is 5.82 Å². The highest BCUT2D eigenvalue weighted by Crippen LogP contribution is 2.43. The first-order chi connectivity index (χ1) is 14.0. The summed E-state index contributed by atoms with van der Waals surface area (Å²) in [4.78, 5) is 14.6. The number of amides is 1. The molecule has 2 aromatic rings. The Hall–Kier alpha value is -2.44. The van der Waals surface area contributed by atoms with Crippen LogP contribution in [0.5, 0.6) is 5.75 Å². The predicted molar refractivity (Wildman–Crippen MR) is 106 cm³/mol. The van der Waals surface area contributed by atoms with E-state index in [2.05, 4.69) is 0 Å². The van der Waals surface area contributed by atoms with Crippen LogP contribution in [0.3, 0.4) is 0 Å². The number of rotatable bonds is 3. The molecule has 2 aromatic carbocycles. The lowest BCUT2D eigenvalue weighted by Crippen LogP contribution is -2.52. The molecule has 6 heteroatoms. The van der Waals surface area contributed by atoms with E-state index in [0.717, 1.165) is 5.56 Å². The van der Waals surface area contributed by atoms with Crippen LogP contribution in [0.15, 0.2) is 48.5 Å². The molecule has 4 rings (SSSR count). The van der Waals surface area contributed by atoms with Gasteiger partial charge in [0.25, 0.3) is 5.91 Å². The van der Waals surface area contributed by atoms with Gasteiger partial charge < -0.3 is 19.5 Å². The maximum atomic E-state index is 13.6. The number of halogens is 1. The van der Waals surface area contributed by atoms with Crippen molar-refractivity contribution in [2.24, 2.45) is 0 Å². The summed E-state index contributed by atoms with van der Waals surface area (Å²) in [6, 6.07) is 14.1.